The smallest absolute Gasteiger partial charge is 0.255 e. The Morgan fingerprint density at radius 3 is 2.67 bits per heavy atom. The number of rotatable bonds is 3. The summed E-state index contributed by atoms with van der Waals surface area (Å²) in [6.07, 6.45) is 3.18. The molecule has 0 aliphatic rings. The molecule has 1 aromatic carbocycles. The zero-order valence-electron chi connectivity index (χ0n) is 9.75. The van der Waals surface area contributed by atoms with Crippen LogP contribution >= 0.6 is 0 Å². The number of carbonyl (C=O) groups is 1. The number of ether oxygens (including phenoxy) is 1. The Morgan fingerprint density at radius 2 is 2.00 bits per heavy atom. The number of phenolic OH excluding ortho intramolecular Hbond substituents is 1. The van der Waals surface area contributed by atoms with Gasteiger partial charge in [0.25, 0.3) is 5.91 Å². The van der Waals surface area contributed by atoms with E-state index < -0.39 is 0 Å². The Hall–Kier alpha value is -2.56. The van der Waals surface area contributed by atoms with E-state index in [0.717, 1.165) is 0 Å². The van der Waals surface area contributed by atoms with Gasteiger partial charge >= 0.3 is 0 Å². The Morgan fingerprint density at radius 1 is 1.28 bits per heavy atom. The Labute approximate surface area is 104 Å². The molecule has 18 heavy (non-hydrogen) atoms. The molecule has 0 aliphatic carbocycles. The molecule has 1 amide bonds. The molecule has 0 fully saturated rings. The van der Waals surface area contributed by atoms with Gasteiger partial charge in [-0.05, 0) is 30.3 Å². The van der Waals surface area contributed by atoms with E-state index in [1.807, 2.05) is 0 Å². The number of amides is 1. The van der Waals surface area contributed by atoms with Crippen LogP contribution in [0.2, 0.25) is 0 Å². The lowest BCUT2D eigenvalue weighted by Gasteiger charge is -2.07. The highest BCUT2D eigenvalue weighted by Crippen LogP contribution is 2.26. The fourth-order valence-corrected chi connectivity index (χ4v) is 1.46. The second-order valence-corrected chi connectivity index (χ2v) is 3.58. The highest BCUT2D eigenvalue weighted by molar-refractivity contribution is 6.04. The zero-order chi connectivity index (χ0) is 13.0. The van der Waals surface area contributed by atoms with Gasteiger partial charge < -0.3 is 15.2 Å². The maximum Gasteiger partial charge on any atom is 0.255 e. The number of carbonyl (C=O) groups excluding carboxylic acids is 1. The first-order chi connectivity index (χ1) is 8.70. The summed E-state index contributed by atoms with van der Waals surface area (Å²) < 4.78 is 4.95. The van der Waals surface area contributed by atoms with Crippen molar-refractivity contribution in [1.29, 1.82) is 0 Å². The molecule has 0 saturated heterocycles. The second-order valence-electron chi connectivity index (χ2n) is 3.58. The highest BCUT2D eigenvalue weighted by Gasteiger charge is 2.09. The average molecular weight is 244 g/mol. The molecule has 1 heterocycles. The summed E-state index contributed by atoms with van der Waals surface area (Å²) in [6, 6.07) is 7.80. The van der Waals surface area contributed by atoms with E-state index in [4.69, 9.17) is 4.74 Å². The molecule has 2 rings (SSSR count). The predicted molar refractivity (Wildman–Crippen MR) is 66.8 cm³/mol. The van der Waals surface area contributed by atoms with Gasteiger partial charge in [0.15, 0.2) is 11.5 Å². The van der Waals surface area contributed by atoms with Crippen molar-refractivity contribution in [3.05, 3.63) is 48.3 Å². The van der Waals surface area contributed by atoms with Crippen molar-refractivity contribution in [2.24, 2.45) is 0 Å². The van der Waals surface area contributed by atoms with E-state index in [0.29, 0.717) is 11.3 Å². The van der Waals surface area contributed by atoms with Crippen LogP contribution in [0, 0.1) is 0 Å². The van der Waals surface area contributed by atoms with Gasteiger partial charge in [-0.15, -0.1) is 0 Å². The third-order valence-electron chi connectivity index (χ3n) is 2.38. The van der Waals surface area contributed by atoms with E-state index in [1.165, 1.54) is 25.3 Å². The number of nitrogens with zero attached hydrogens (tertiary/aromatic N) is 1. The Balaban J connectivity index is 2.19. The van der Waals surface area contributed by atoms with E-state index in [-0.39, 0.29) is 17.4 Å². The molecule has 1 aromatic heterocycles. The lowest BCUT2D eigenvalue weighted by Crippen LogP contribution is -2.11. The Kier molecular flexibility index (Phi) is 3.43. The van der Waals surface area contributed by atoms with Crippen molar-refractivity contribution in [3.63, 3.8) is 0 Å². The quantitative estimate of drug-likeness (QED) is 0.866. The molecule has 0 unspecified atom stereocenters. The number of aromatic hydroxyl groups is 1. The largest absolute Gasteiger partial charge is 0.504 e. The van der Waals surface area contributed by atoms with Crippen molar-refractivity contribution in [2.45, 2.75) is 0 Å². The number of pyridine rings is 1. The molecule has 0 atom stereocenters. The number of hydrogen-bond donors (Lipinski definition) is 2. The van der Waals surface area contributed by atoms with Crippen molar-refractivity contribution in [2.75, 3.05) is 12.4 Å². The lowest BCUT2D eigenvalue weighted by atomic mass is 10.2. The fraction of sp³-hybridized carbons (Fsp3) is 0.0769. The monoisotopic (exact) mass is 244 g/mol. The lowest BCUT2D eigenvalue weighted by molar-refractivity contribution is 0.102. The van der Waals surface area contributed by atoms with Crippen LogP contribution in [-0.2, 0) is 0 Å². The molecule has 2 aromatic rings. The van der Waals surface area contributed by atoms with Crippen molar-refractivity contribution in [1.82, 2.24) is 4.98 Å². The molecule has 5 nitrogen and oxygen atoms in total. The maximum absolute atomic E-state index is 11.9. The molecule has 2 N–H and O–H groups in total. The summed E-state index contributed by atoms with van der Waals surface area (Å²) in [4.78, 5) is 15.8. The van der Waals surface area contributed by atoms with Crippen LogP contribution in [0.4, 0.5) is 5.69 Å². The number of hydrogen-bond acceptors (Lipinski definition) is 4. The minimum absolute atomic E-state index is 0.00189. The van der Waals surface area contributed by atoms with Gasteiger partial charge in [-0.3, -0.25) is 9.78 Å². The summed E-state index contributed by atoms with van der Waals surface area (Å²) >= 11 is 0. The minimum Gasteiger partial charge on any atom is -0.504 e. The number of nitrogens with one attached hydrogen (secondary N) is 1. The minimum atomic E-state index is -0.278. The number of benzene rings is 1. The first kappa shape index (κ1) is 11.9. The highest BCUT2D eigenvalue weighted by atomic mass is 16.5. The molecule has 92 valence electrons. The van der Waals surface area contributed by atoms with Gasteiger partial charge in [-0.2, -0.15) is 0 Å². The SMILES string of the molecule is COc1cc(C(=O)Nc2ccncc2)ccc1O. The topological polar surface area (TPSA) is 71.5 Å². The van der Waals surface area contributed by atoms with Gasteiger partial charge in [0.1, 0.15) is 0 Å². The first-order valence-electron chi connectivity index (χ1n) is 5.29. The standard InChI is InChI=1S/C13H12N2O3/c1-18-12-8-9(2-3-11(12)16)13(17)15-10-4-6-14-7-5-10/h2-8,16H,1H3,(H,14,15,17). The van der Waals surface area contributed by atoms with Crippen molar-refractivity contribution < 1.29 is 14.6 Å². The zero-order valence-corrected chi connectivity index (χ0v) is 9.75. The maximum atomic E-state index is 11.9. The van der Waals surface area contributed by atoms with Crippen LogP contribution in [0.3, 0.4) is 0 Å². The normalized spacial score (nSPS) is 9.83. The van der Waals surface area contributed by atoms with Crippen molar-refractivity contribution in [3.8, 4) is 11.5 Å². The van der Waals surface area contributed by atoms with Gasteiger partial charge in [-0.25, -0.2) is 0 Å². The van der Waals surface area contributed by atoms with Gasteiger partial charge in [0.05, 0.1) is 7.11 Å². The second kappa shape index (κ2) is 5.18. The molecule has 0 spiro atoms. The van der Waals surface area contributed by atoms with Crippen LogP contribution in [0.1, 0.15) is 10.4 Å². The van der Waals surface area contributed by atoms with E-state index >= 15 is 0 Å². The number of methoxy groups -OCH3 is 1. The molecular weight excluding hydrogens is 232 g/mol. The van der Waals surface area contributed by atoms with Crippen LogP contribution in [0.15, 0.2) is 42.7 Å². The van der Waals surface area contributed by atoms with Crippen LogP contribution < -0.4 is 10.1 Å². The molecule has 0 radical (unpaired) electrons. The van der Waals surface area contributed by atoms with E-state index in [9.17, 15) is 9.90 Å². The molecular formula is C13H12N2O3. The third kappa shape index (κ3) is 2.57. The van der Waals surface area contributed by atoms with Crippen LogP contribution in [0.25, 0.3) is 0 Å². The Bertz CT molecular complexity index is 555. The molecule has 0 aliphatic heterocycles. The summed E-state index contributed by atoms with van der Waals surface area (Å²) in [5.41, 5.74) is 1.06. The van der Waals surface area contributed by atoms with Crippen LogP contribution in [0.5, 0.6) is 11.5 Å². The summed E-state index contributed by atoms with van der Waals surface area (Å²) in [6.45, 7) is 0. The fourth-order valence-electron chi connectivity index (χ4n) is 1.46. The van der Waals surface area contributed by atoms with E-state index in [1.54, 1.807) is 24.5 Å². The average Bonchev–Trinajstić information content (AvgIpc) is 2.40. The summed E-state index contributed by atoms with van der Waals surface area (Å²) in [5.74, 6) is -0.0187. The molecule has 5 heteroatoms. The third-order valence-corrected chi connectivity index (χ3v) is 2.38. The number of aromatic nitrogens is 1. The van der Waals surface area contributed by atoms with Gasteiger partial charge in [-0.1, -0.05) is 0 Å². The van der Waals surface area contributed by atoms with Gasteiger partial charge in [0.2, 0.25) is 0 Å². The summed E-state index contributed by atoms with van der Waals surface area (Å²) in [5, 5.41) is 12.2. The predicted octanol–water partition coefficient (Wildman–Crippen LogP) is 2.05. The van der Waals surface area contributed by atoms with Gasteiger partial charge in [0, 0.05) is 23.6 Å². The van der Waals surface area contributed by atoms with Crippen molar-refractivity contribution >= 4 is 11.6 Å². The molecule has 0 bridgehead atoms. The summed E-state index contributed by atoms with van der Waals surface area (Å²) in [7, 11) is 1.43. The first-order valence-corrected chi connectivity index (χ1v) is 5.29. The molecule has 0 saturated carbocycles. The number of phenols is 1. The van der Waals surface area contributed by atoms with Crippen LogP contribution in [-0.4, -0.2) is 23.1 Å². The number of anilines is 1. The van der Waals surface area contributed by atoms with E-state index in [2.05, 4.69) is 10.3 Å².